The zero-order valence-electron chi connectivity index (χ0n) is 14.6. The van der Waals surface area contributed by atoms with Crippen molar-refractivity contribution in [1.82, 2.24) is 15.1 Å². The third-order valence-corrected chi connectivity index (χ3v) is 5.24. The Morgan fingerprint density at radius 1 is 1.24 bits per heavy atom. The Hall–Kier alpha value is -2.21. The van der Waals surface area contributed by atoms with Gasteiger partial charge in [0.2, 0.25) is 17.7 Å². The van der Waals surface area contributed by atoms with E-state index in [1.54, 1.807) is 6.92 Å². The summed E-state index contributed by atoms with van der Waals surface area (Å²) in [7, 11) is 0. The van der Waals surface area contributed by atoms with E-state index in [0.29, 0.717) is 37.1 Å². The van der Waals surface area contributed by atoms with Crippen molar-refractivity contribution in [2.75, 3.05) is 13.1 Å². The van der Waals surface area contributed by atoms with Crippen LogP contribution in [0.4, 0.5) is 0 Å². The van der Waals surface area contributed by atoms with E-state index in [1.165, 1.54) is 5.56 Å². The molecule has 3 atom stereocenters. The number of hydrogen-bond donors (Lipinski definition) is 0. The zero-order valence-corrected chi connectivity index (χ0v) is 14.6. The van der Waals surface area contributed by atoms with Gasteiger partial charge in [-0.15, -0.1) is 10.2 Å². The highest BCUT2D eigenvalue weighted by Crippen LogP contribution is 2.34. The maximum atomic E-state index is 12.6. The molecule has 25 heavy (non-hydrogen) atoms. The van der Waals surface area contributed by atoms with E-state index in [4.69, 9.17) is 9.15 Å². The van der Waals surface area contributed by atoms with Gasteiger partial charge in [0, 0.05) is 25.9 Å². The van der Waals surface area contributed by atoms with E-state index in [2.05, 4.69) is 10.2 Å². The van der Waals surface area contributed by atoms with Gasteiger partial charge >= 0.3 is 0 Å². The highest BCUT2D eigenvalue weighted by molar-refractivity contribution is 5.79. The smallest absolute Gasteiger partial charge is 0.227 e. The largest absolute Gasteiger partial charge is 0.426 e. The fourth-order valence-electron chi connectivity index (χ4n) is 3.90. The van der Waals surface area contributed by atoms with Crippen LogP contribution < -0.4 is 0 Å². The molecule has 6 heteroatoms. The number of rotatable bonds is 4. The lowest BCUT2D eigenvalue weighted by molar-refractivity contribution is -0.130. The third-order valence-electron chi connectivity index (χ3n) is 5.24. The summed E-state index contributed by atoms with van der Waals surface area (Å²) in [5.74, 6) is 1.82. The minimum Gasteiger partial charge on any atom is -0.426 e. The van der Waals surface area contributed by atoms with Gasteiger partial charge in [0.05, 0.1) is 25.0 Å². The van der Waals surface area contributed by atoms with Crippen LogP contribution in [0, 0.1) is 19.8 Å². The van der Waals surface area contributed by atoms with Crippen molar-refractivity contribution in [3.8, 4) is 0 Å². The van der Waals surface area contributed by atoms with Crippen LogP contribution >= 0.6 is 0 Å². The Morgan fingerprint density at radius 2 is 2.08 bits per heavy atom. The first-order chi connectivity index (χ1) is 12.1. The topological polar surface area (TPSA) is 68.5 Å². The first kappa shape index (κ1) is 16.3. The Morgan fingerprint density at radius 3 is 2.80 bits per heavy atom. The number of amides is 1. The van der Waals surface area contributed by atoms with Crippen molar-refractivity contribution in [2.45, 2.75) is 45.3 Å². The maximum absolute atomic E-state index is 12.6. The third kappa shape index (κ3) is 3.44. The lowest BCUT2D eigenvalue weighted by atomic mass is 10.0. The molecule has 0 bridgehead atoms. The molecule has 2 fully saturated rings. The molecule has 0 saturated carbocycles. The second-order valence-electron chi connectivity index (χ2n) is 7.11. The molecule has 2 aromatic rings. The molecule has 0 unspecified atom stereocenters. The number of hydrogen-bond acceptors (Lipinski definition) is 5. The summed E-state index contributed by atoms with van der Waals surface area (Å²) in [5.41, 5.74) is 2.27. The molecule has 1 aromatic carbocycles. The Balaban J connectivity index is 1.31. The fraction of sp³-hybridized carbons (Fsp3) is 0.526. The molecule has 132 valence electrons. The predicted molar refractivity (Wildman–Crippen MR) is 91.0 cm³/mol. The quantitative estimate of drug-likeness (QED) is 0.852. The molecule has 2 aliphatic heterocycles. The van der Waals surface area contributed by atoms with Crippen LogP contribution in [0.25, 0.3) is 0 Å². The van der Waals surface area contributed by atoms with Gasteiger partial charge in [0.15, 0.2) is 0 Å². The summed E-state index contributed by atoms with van der Waals surface area (Å²) in [4.78, 5) is 14.6. The first-order valence-electron chi connectivity index (χ1n) is 8.85. The number of fused-ring (bicyclic) bond motifs is 1. The van der Waals surface area contributed by atoms with Crippen molar-refractivity contribution in [3.63, 3.8) is 0 Å². The monoisotopic (exact) mass is 341 g/mol. The second kappa shape index (κ2) is 6.59. The number of carbonyl (C=O) groups excluding carboxylic acids is 1. The van der Waals surface area contributed by atoms with Crippen molar-refractivity contribution >= 4 is 5.91 Å². The minimum atomic E-state index is 0.114. The lowest BCUT2D eigenvalue weighted by Gasteiger charge is -2.19. The van der Waals surface area contributed by atoms with Gasteiger partial charge < -0.3 is 14.1 Å². The summed E-state index contributed by atoms with van der Waals surface area (Å²) >= 11 is 0. The van der Waals surface area contributed by atoms with Gasteiger partial charge in [0.1, 0.15) is 0 Å². The summed E-state index contributed by atoms with van der Waals surface area (Å²) in [6.07, 6.45) is 2.32. The molecule has 0 spiro atoms. The number of ether oxygens (including phenoxy) is 1. The van der Waals surface area contributed by atoms with Crippen molar-refractivity contribution < 1.29 is 13.9 Å². The average Bonchev–Trinajstić information content (AvgIpc) is 3.24. The van der Waals surface area contributed by atoms with Gasteiger partial charge in [-0.1, -0.05) is 24.3 Å². The molecule has 0 radical (unpaired) electrons. The molecule has 0 N–H and O–H groups in total. The molecule has 1 aromatic heterocycles. The summed E-state index contributed by atoms with van der Waals surface area (Å²) in [6, 6.07) is 8.07. The van der Waals surface area contributed by atoms with E-state index in [1.807, 2.05) is 36.1 Å². The Kier molecular flexibility index (Phi) is 4.29. The van der Waals surface area contributed by atoms with E-state index in [9.17, 15) is 4.79 Å². The van der Waals surface area contributed by atoms with E-state index in [0.717, 1.165) is 18.5 Å². The van der Waals surface area contributed by atoms with Crippen LogP contribution in [-0.4, -0.2) is 46.3 Å². The van der Waals surface area contributed by atoms with Crippen LogP contribution in [0.15, 0.2) is 28.7 Å². The van der Waals surface area contributed by atoms with Crippen LogP contribution in [0.3, 0.4) is 0 Å². The highest BCUT2D eigenvalue weighted by Gasteiger charge is 2.43. The number of likely N-dealkylation sites (tertiary alicyclic amines) is 1. The molecule has 2 saturated heterocycles. The van der Waals surface area contributed by atoms with E-state index >= 15 is 0 Å². The zero-order chi connectivity index (χ0) is 17.4. The molecule has 1 amide bonds. The molecular weight excluding hydrogens is 318 g/mol. The Bertz CT molecular complexity index is 759. The number of aromatic nitrogens is 2. The highest BCUT2D eigenvalue weighted by atomic mass is 16.5. The molecular formula is C19H23N3O3. The van der Waals surface area contributed by atoms with E-state index < -0.39 is 0 Å². The summed E-state index contributed by atoms with van der Waals surface area (Å²) < 4.78 is 11.6. The first-order valence-corrected chi connectivity index (χ1v) is 8.85. The minimum absolute atomic E-state index is 0.114. The van der Waals surface area contributed by atoms with Gasteiger partial charge in [-0.25, -0.2) is 0 Å². The standard InChI is InChI=1S/C19H23N3O3/c1-12-5-3-4-6-14(12)8-19(23)22-10-15-7-16(25-17(15)11-22)9-18-21-20-13(2)24-18/h3-6,15-17H,7-11H2,1-2H3/t15-,16+,17+/m0/s1. The molecule has 3 heterocycles. The van der Waals surface area contributed by atoms with Crippen LogP contribution in [-0.2, 0) is 22.4 Å². The van der Waals surface area contributed by atoms with Gasteiger partial charge in [-0.2, -0.15) is 0 Å². The van der Waals surface area contributed by atoms with Gasteiger partial charge in [-0.3, -0.25) is 4.79 Å². The maximum Gasteiger partial charge on any atom is 0.227 e. The SMILES string of the molecule is Cc1nnc(C[C@H]2C[C@H]3CN(C(=O)Cc4ccccc4C)C[C@H]3O2)o1. The van der Waals surface area contributed by atoms with Crippen LogP contribution in [0.1, 0.15) is 29.3 Å². The number of carbonyl (C=O) groups is 1. The predicted octanol–water partition coefficient (Wildman–Crippen LogP) is 2.09. The van der Waals surface area contributed by atoms with Crippen LogP contribution in [0.2, 0.25) is 0 Å². The number of aryl methyl sites for hydroxylation is 2. The van der Waals surface area contributed by atoms with Crippen molar-refractivity contribution in [2.24, 2.45) is 5.92 Å². The lowest BCUT2D eigenvalue weighted by Crippen LogP contribution is -2.33. The molecule has 6 nitrogen and oxygen atoms in total. The normalized spacial score (nSPS) is 25.4. The second-order valence-corrected chi connectivity index (χ2v) is 7.11. The van der Waals surface area contributed by atoms with E-state index in [-0.39, 0.29) is 18.1 Å². The van der Waals surface area contributed by atoms with Crippen molar-refractivity contribution in [3.05, 3.63) is 47.2 Å². The Labute approximate surface area is 147 Å². The number of nitrogens with zero attached hydrogens (tertiary/aromatic N) is 3. The fourth-order valence-corrected chi connectivity index (χ4v) is 3.90. The van der Waals surface area contributed by atoms with Crippen molar-refractivity contribution in [1.29, 1.82) is 0 Å². The molecule has 0 aliphatic carbocycles. The van der Waals surface area contributed by atoms with Gasteiger partial charge in [-0.05, 0) is 24.5 Å². The van der Waals surface area contributed by atoms with Crippen LogP contribution in [0.5, 0.6) is 0 Å². The molecule has 4 rings (SSSR count). The summed E-state index contributed by atoms with van der Waals surface area (Å²) in [5, 5.41) is 7.90. The van der Waals surface area contributed by atoms with Gasteiger partial charge in [0.25, 0.3) is 0 Å². The summed E-state index contributed by atoms with van der Waals surface area (Å²) in [6.45, 7) is 5.32. The number of benzene rings is 1. The average molecular weight is 341 g/mol. The molecule has 2 aliphatic rings.